The Balaban J connectivity index is 0.00000300. The van der Waals surface area contributed by atoms with Crippen molar-refractivity contribution in [2.75, 3.05) is 26.1 Å². The summed E-state index contributed by atoms with van der Waals surface area (Å²) in [7, 11) is 3.20. The average molecular weight is 524 g/mol. The molecule has 29 heavy (non-hydrogen) atoms. The molecule has 0 bridgehead atoms. The first-order chi connectivity index (χ1) is 13.6. The topological polar surface area (TPSA) is 81.8 Å². The summed E-state index contributed by atoms with van der Waals surface area (Å²) < 4.78 is 10.5. The normalized spacial score (nSPS) is 10.9. The van der Waals surface area contributed by atoms with Crippen LogP contribution in [0, 0.1) is 6.92 Å². The molecule has 0 atom stereocenters. The molecule has 154 valence electrons. The van der Waals surface area contributed by atoms with E-state index in [-0.39, 0.29) is 24.0 Å². The van der Waals surface area contributed by atoms with Crippen molar-refractivity contribution in [3.8, 4) is 22.8 Å². The molecular weight excluding hydrogens is 499 g/mol. The van der Waals surface area contributed by atoms with Crippen molar-refractivity contribution in [2.24, 2.45) is 10.7 Å². The van der Waals surface area contributed by atoms with Crippen molar-refractivity contribution in [2.45, 2.75) is 13.3 Å². The maximum absolute atomic E-state index is 5.99. The second kappa shape index (κ2) is 11.0. The highest BCUT2D eigenvalue weighted by Crippen LogP contribution is 2.29. The van der Waals surface area contributed by atoms with Crippen molar-refractivity contribution >= 4 is 47.0 Å². The fourth-order valence-corrected chi connectivity index (χ4v) is 3.37. The third-order valence-electron chi connectivity index (χ3n) is 4.21. The highest BCUT2D eigenvalue weighted by molar-refractivity contribution is 14.0. The number of guanidine groups is 1. The first kappa shape index (κ1) is 23.0. The Kier molecular flexibility index (Phi) is 8.71. The molecular formula is C21H25IN4O2S. The zero-order valence-corrected chi connectivity index (χ0v) is 19.8. The number of rotatable bonds is 7. The van der Waals surface area contributed by atoms with Crippen molar-refractivity contribution in [3.63, 3.8) is 0 Å². The lowest BCUT2D eigenvalue weighted by Crippen LogP contribution is -2.23. The molecule has 0 aliphatic rings. The largest absolute Gasteiger partial charge is 0.493 e. The molecule has 1 heterocycles. The van der Waals surface area contributed by atoms with E-state index in [1.807, 2.05) is 25.1 Å². The van der Waals surface area contributed by atoms with Crippen LogP contribution in [0.3, 0.4) is 0 Å². The molecule has 0 aliphatic carbocycles. The van der Waals surface area contributed by atoms with Gasteiger partial charge in [0.1, 0.15) is 0 Å². The second-order valence-corrected chi connectivity index (χ2v) is 7.22. The number of methoxy groups -OCH3 is 2. The van der Waals surface area contributed by atoms with Gasteiger partial charge in [-0.2, -0.15) is 0 Å². The number of benzene rings is 2. The van der Waals surface area contributed by atoms with E-state index in [4.69, 9.17) is 15.2 Å². The summed E-state index contributed by atoms with van der Waals surface area (Å²) in [6, 6.07) is 13.9. The van der Waals surface area contributed by atoms with E-state index in [1.165, 1.54) is 5.56 Å². The number of nitrogens with zero attached hydrogens (tertiary/aromatic N) is 2. The van der Waals surface area contributed by atoms with Crippen LogP contribution in [0.15, 0.2) is 52.8 Å². The maximum atomic E-state index is 5.99. The van der Waals surface area contributed by atoms with Crippen LogP contribution < -0.4 is 20.5 Å². The van der Waals surface area contributed by atoms with Gasteiger partial charge in [0.05, 0.1) is 24.9 Å². The lowest BCUT2D eigenvalue weighted by Gasteiger charge is -2.11. The summed E-state index contributed by atoms with van der Waals surface area (Å²) in [6.07, 6.45) is 0.810. The average Bonchev–Trinajstić information content (AvgIpc) is 3.14. The molecule has 0 saturated heterocycles. The van der Waals surface area contributed by atoms with E-state index in [0.717, 1.165) is 28.4 Å². The minimum Gasteiger partial charge on any atom is -0.493 e. The quantitative estimate of drug-likeness (QED) is 0.266. The molecule has 0 radical (unpaired) electrons. The van der Waals surface area contributed by atoms with Gasteiger partial charge >= 0.3 is 0 Å². The summed E-state index contributed by atoms with van der Waals surface area (Å²) in [5, 5.41) is 6.23. The number of ether oxygens (including phenoxy) is 2. The van der Waals surface area contributed by atoms with Crippen LogP contribution in [0.2, 0.25) is 0 Å². The lowest BCUT2D eigenvalue weighted by atomic mass is 10.1. The molecule has 1 aromatic heterocycles. The Labute approximate surface area is 192 Å². The van der Waals surface area contributed by atoms with Gasteiger partial charge in [-0.1, -0.05) is 24.3 Å². The molecule has 3 rings (SSSR count). The van der Waals surface area contributed by atoms with Crippen LogP contribution in [0.5, 0.6) is 11.5 Å². The Morgan fingerprint density at radius 1 is 1.10 bits per heavy atom. The first-order valence-electron chi connectivity index (χ1n) is 8.89. The lowest BCUT2D eigenvalue weighted by molar-refractivity contribution is 0.355. The van der Waals surface area contributed by atoms with E-state index in [9.17, 15) is 0 Å². The maximum Gasteiger partial charge on any atom is 0.193 e. The van der Waals surface area contributed by atoms with Gasteiger partial charge < -0.3 is 20.5 Å². The summed E-state index contributed by atoms with van der Waals surface area (Å²) in [6.45, 7) is 2.61. The van der Waals surface area contributed by atoms with Gasteiger partial charge in [-0.05, 0) is 31.0 Å². The van der Waals surface area contributed by atoms with Crippen molar-refractivity contribution < 1.29 is 9.47 Å². The fraction of sp³-hybridized carbons (Fsp3) is 0.238. The highest BCUT2D eigenvalue weighted by atomic mass is 127. The van der Waals surface area contributed by atoms with Crippen molar-refractivity contribution in [3.05, 3.63) is 58.4 Å². The molecule has 0 fully saturated rings. The SMILES string of the molecule is COc1ccc(NC(N)=NCCc2ccc(-c3csc(C)n3)cc2)cc1OC.I. The summed E-state index contributed by atoms with van der Waals surface area (Å²) in [5.41, 5.74) is 10.1. The standard InChI is InChI=1S/C21H24N4O2S.HI/c1-14-24-18(13-28-14)16-6-4-15(5-7-16)10-11-23-21(22)25-17-8-9-19(26-2)20(12-17)27-3;/h4-9,12-13H,10-11H2,1-3H3,(H3,22,23,25);1H. The predicted octanol–water partition coefficient (Wildman–Crippen LogP) is 4.72. The van der Waals surface area contributed by atoms with Crippen molar-refractivity contribution in [1.82, 2.24) is 4.98 Å². The third kappa shape index (κ3) is 6.33. The molecule has 3 N–H and O–H groups in total. The van der Waals surface area contributed by atoms with Gasteiger partial charge in [-0.25, -0.2) is 4.98 Å². The van der Waals surface area contributed by atoms with Gasteiger partial charge in [-0.15, -0.1) is 35.3 Å². The molecule has 0 saturated carbocycles. The molecule has 0 aliphatic heterocycles. The second-order valence-electron chi connectivity index (χ2n) is 6.16. The summed E-state index contributed by atoms with van der Waals surface area (Å²) >= 11 is 1.66. The number of aliphatic imine (C=N–C) groups is 1. The molecule has 0 unspecified atom stereocenters. The zero-order valence-electron chi connectivity index (χ0n) is 16.6. The molecule has 3 aromatic rings. The Bertz CT molecular complexity index is 958. The van der Waals surface area contributed by atoms with Gasteiger partial charge in [0.15, 0.2) is 17.5 Å². The molecule has 2 aromatic carbocycles. The summed E-state index contributed by atoms with van der Waals surface area (Å²) in [5.74, 6) is 1.66. The van der Waals surface area contributed by atoms with Crippen LogP contribution in [0.25, 0.3) is 11.3 Å². The fourth-order valence-electron chi connectivity index (χ4n) is 2.75. The van der Waals surface area contributed by atoms with E-state index in [0.29, 0.717) is 24.0 Å². The number of nitrogens with two attached hydrogens (primary N) is 1. The molecule has 6 nitrogen and oxygen atoms in total. The van der Waals surface area contributed by atoms with Crippen LogP contribution in [0.4, 0.5) is 5.69 Å². The number of hydrogen-bond acceptors (Lipinski definition) is 5. The Morgan fingerprint density at radius 2 is 1.83 bits per heavy atom. The van der Waals surface area contributed by atoms with Gasteiger partial charge in [0.25, 0.3) is 0 Å². The zero-order chi connectivity index (χ0) is 19.9. The number of hydrogen-bond donors (Lipinski definition) is 2. The summed E-state index contributed by atoms with van der Waals surface area (Å²) in [4.78, 5) is 8.91. The van der Waals surface area contributed by atoms with E-state index in [2.05, 4.69) is 44.9 Å². The Hall–Kier alpha value is -2.33. The van der Waals surface area contributed by atoms with Crippen molar-refractivity contribution in [1.29, 1.82) is 0 Å². The van der Waals surface area contributed by atoms with E-state index < -0.39 is 0 Å². The van der Waals surface area contributed by atoms with E-state index in [1.54, 1.807) is 25.6 Å². The molecule has 8 heteroatoms. The highest BCUT2D eigenvalue weighted by Gasteiger charge is 2.05. The molecule has 0 spiro atoms. The number of halogens is 1. The number of thiazole rings is 1. The van der Waals surface area contributed by atoms with Gasteiger partial charge in [0.2, 0.25) is 0 Å². The predicted molar refractivity (Wildman–Crippen MR) is 131 cm³/mol. The number of anilines is 1. The van der Waals surface area contributed by atoms with Gasteiger partial charge in [0, 0.05) is 29.2 Å². The van der Waals surface area contributed by atoms with Gasteiger partial charge in [-0.3, -0.25) is 4.99 Å². The third-order valence-corrected chi connectivity index (χ3v) is 4.98. The Morgan fingerprint density at radius 3 is 2.45 bits per heavy atom. The smallest absolute Gasteiger partial charge is 0.193 e. The monoisotopic (exact) mass is 524 g/mol. The number of nitrogens with one attached hydrogen (secondary N) is 1. The molecule has 0 amide bonds. The number of aromatic nitrogens is 1. The van der Waals surface area contributed by atoms with Crippen LogP contribution in [-0.4, -0.2) is 31.7 Å². The van der Waals surface area contributed by atoms with E-state index >= 15 is 0 Å². The minimum absolute atomic E-state index is 0. The first-order valence-corrected chi connectivity index (χ1v) is 9.77. The number of aryl methyl sites for hydroxylation is 1. The minimum atomic E-state index is 0. The van der Waals surface area contributed by atoms with Crippen LogP contribution >= 0.6 is 35.3 Å². The van der Waals surface area contributed by atoms with Crippen LogP contribution in [0.1, 0.15) is 10.6 Å². The van der Waals surface area contributed by atoms with Crippen LogP contribution in [-0.2, 0) is 6.42 Å².